The molecule has 0 spiro atoms. The van der Waals surface area contributed by atoms with Crippen molar-refractivity contribution in [3.63, 3.8) is 0 Å². The predicted molar refractivity (Wildman–Crippen MR) is 108 cm³/mol. The molecule has 1 aliphatic rings. The number of aryl methyl sites for hydroxylation is 1. The van der Waals surface area contributed by atoms with Crippen LogP contribution in [0.1, 0.15) is 25.0 Å². The Morgan fingerprint density at radius 2 is 2.04 bits per heavy atom. The Hall–Kier alpha value is -2.87. The van der Waals surface area contributed by atoms with Gasteiger partial charge in [0.15, 0.2) is 11.5 Å². The summed E-state index contributed by atoms with van der Waals surface area (Å²) in [7, 11) is 1.63. The third-order valence-corrected chi connectivity index (χ3v) is 4.94. The normalized spacial score (nSPS) is 14.5. The molecule has 0 radical (unpaired) electrons. The van der Waals surface area contributed by atoms with Crippen molar-refractivity contribution in [1.29, 1.82) is 0 Å². The summed E-state index contributed by atoms with van der Waals surface area (Å²) in [6.45, 7) is 6.09. The highest BCUT2D eigenvalue weighted by molar-refractivity contribution is 5.90. The van der Waals surface area contributed by atoms with E-state index in [0.29, 0.717) is 29.7 Å². The van der Waals surface area contributed by atoms with Crippen molar-refractivity contribution >= 4 is 22.5 Å². The van der Waals surface area contributed by atoms with E-state index in [4.69, 9.17) is 9.47 Å². The Balaban J connectivity index is 1.42. The molecule has 8 nitrogen and oxygen atoms in total. The topological polar surface area (TPSA) is 88.2 Å². The van der Waals surface area contributed by atoms with Crippen LogP contribution in [0.25, 0.3) is 10.9 Å². The van der Waals surface area contributed by atoms with Gasteiger partial charge in [0.05, 0.1) is 37.0 Å². The van der Waals surface area contributed by atoms with Crippen molar-refractivity contribution in [2.24, 2.45) is 0 Å². The number of ether oxygens (including phenoxy) is 2. The molecule has 4 rings (SSSR count). The first-order chi connectivity index (χ1) is 13.7. The van der Waals surface area contributed by atoms with Crippen molar-refractivity contribution < 1.29 is 9.47 Å². The fourth-order valence-corrected chi connectivity index (χ4v) is 3.53. The number of methoxy groups -OCH3 is 1. The summed E-state index contributed by atoms with van der Waals surface area (Å²) >= 11 is 0. The van der Waals surface area contributed by atoms with Gasteiger partial charge in [-0.25, -0.2) is 9.97 Å². The highest BCUT2D eigenvalue weighted by atomic mass is 16.5. The van der Waals surface area contributed by atoms with Gasteiger partial charge in [-0.2, -0.15) is 5.10 Å². The number of fused-ring (bicyclic) bond motifs is 1. The maximum absolute atomic E-state index is 5.90. The minimum atomic E-state index is 0.641. The van der Waals surface area contributed by atoms with E-state index in [0.717, 1.165) is 29.6 Å². The predicted octanol–water partition coefficient (Wildman–Crippen LogP) is 3.28. The van der Waals surface area contributed by atoms with Crippen LogP contribution >= 0.6 is 0 Å². The average Bonchev–Trinajstić information content (AvgIpc) is 3.37. The number of likely N-dealkylation sites (tertiary alicyclic amines) is 1. The van der Waals surface area contributed by atoms with Crippen LogP contribution in [-0.2, 0) is 0 Å². The van der Waals surface area contributed by atoms with Gasteiger partial charge in [0, 0.05) is 18.3 Å². The smallest absolute Gasteiger partial charge is 0.179 e. The minimum absolute atomic E-state index is 0.641. The number of hydrogen-bond donors (Lipinski definition) is 2. The maximum atomic E-state index is 5.90. The van der Waals surface area contributed by atoms with Crippen LogP contribution in [0.15, 0.2) is 24.5 Å². The number of nitrogens with zero attached hydrogens (tertiary/aromatic N) is 4. The Bertz CT molecular complexity index is 936. The Labute approximate surface area is 164 Å². The summed E-state index contributed by atoms with van der Waals surface area (Å²) in [5.74, 6) is 2.65. The van der Waals surface area contributed by atoms with Crippen molar-refractivity contribution in [3.8, 4) is 11.5 Å². The average molecular weight is 382 g/mol. The van der Waals surface area contributed by atoms with Gasteiger partial charge in [0.2, 0.25) is 0 Å². The molecular formula is C20H26N6O2. The number of aromatic amines is 1. The van der Waals surface area contributed by atoms with E-state index in [1.807, 2.05) is 19.1 Å². The van der Waals surface area contributed by atoms with E-state index in [2.05, 4.69) is 30.4 Å². The first-order valence-corrected chi connectivity index (χ1v) is 9.70. The third-order valence-electron chi connectivity index (χ3n) is 4.94. The van der Waals surface area contributed by atoms with Gasteiger partial charge < -0.3 is 19.7 Å². The highest BCUT2D eigenvalue weighted by Gasteiger charge is 2.13. The standard InChI is InChI=1S/C20H26N6O2/c1-14-10-16-15(12-22-25-16)20(23-14)24-19-11-17(27-2)18(13-21-19)28-9-5-8-26-6-3-4-7-26/h10-13H,3-9H2,1-2H3,(H,22,25)(H,21,23,24). The van der Waals surface area contributed by atoms with Crippen LogP contribution in [0.2, 0.25) is 0 Å². The molecule has 28 heavy (non-hydrogen) atoms. The number of aromatic nitrogens is 4. The fourth-order valence-electron chi connectivity index (χ4n) is 3.53. The lowest BCUT2D eigenvalue weighted by Crippen LogP contribution is -2.21. The molecule has 1 fully saturated rings. The molecule has 0 amide bonds. The van der Waals surface area contributed by atoms with Crippen LogP contribution in [0.3, 0.4) is 0 Å². The van der Waals surface area contributed by atoms with Gasteiger partial charge in [-0.3, -0.25) is 5.10 Å². The number of nitrogens with one attached hydrogen (secondary N) is 2. The molecule has 0 aromatic carbocycles. The lowest BCUT2D eigenvalue weighted by Gasteiger charge is -2.15. The second-order valence-electron chi connectivity index (χ2n) is 7.04. The van der Waals surface area contributed by atoms with Crippen LogP contribution in [-0.4, -0.2) is 58.4 Å². The lowest BCUT2D eigenvalue weighted by atomic mass is 10.2. The molecule has 148 valence electrons. The van der Waals surface area contributed by atoms with Gasteiger partial charge in [-0.05, 0) is 45.3 Å². The summed E-state index contributed by atoms with van der Waals surface area (Å²) in [5.41, 5.74) is 1.82. The number of pyridine rings is 2. The van der Waals surface area contributed by atoms with Gasteiger partial charge >= 0.3 is 0 Å². The van der Waals surface area contributed by atoms with E-state index in [1.54, 1.807) is 19.5 Å². The lowest BCUT2D eigenvalue weighted by molar-refractivity contribution is 0.253. The molecule has 3 aromatic rings. The van der Waals surface area contributed by atoms with Gasteiger partial charge in [-0.15, -0.1) is 0 Å². The first kappa shape index (κ1) is 18.5. The van der Waals surface area contributed by atoms with Crippen molar-refractivity contribution in [2.45, 2.75) is 26.2 Å². The van der Waals surface area contributed by atoms with E-state index < -0.39 is 0 Å². The summed E-state index contributed by atoms with van der Waals surface area (Å²) in [4.78, 5) is 11.5. The zero-order chi connectivity index (χ0) is 19.3. The quantitative estimate of drug-likeness (QED) is 0.578. The summed E-state index contributed by atoms with van der Waals surface area (Å²) in [6.07, 6.45) is 7.06. The number of anilines is 2. The molecule has 0 aliphatic carbocycles. The number of H-pyrrole nitrogens is 1. The summed E-state index contributed by atoms with van der Waals surface area (Å²) in [6, 6.07) is 3.78. The zero-order valence-electron chi connectivity index (χ0n) is 16.4. The number of rotatable bonds is 8. The number of hydrogen-bond acceptors (Lipinski definition) is 7. The van der Waals surface area contributed by atoms with Crippen molar-refractivity contribution in [2.75, 3.05) is 38.7 Å². The second kappa shape index (κ2) is 8.43. The van der Waals surface area contributed by atoms with E-state index in [9.17, 15) is 0 Å². The van der Waals surface area contributed by atoms with Crippen LogP contribution in [0, 0.1) is 6.92 Å². The highest BCUT2D eigenvalue weighted by Crippen LogP contribution is 2.30. The molecule has 0 atom stereocenters. The Morgan fingerprint density at radius 1 is 1.18 bits per heavy atom. The van der Waals surface area contributed by atoms with E-state index >= 15 is 0 Å². The molecular weight excluding hydrogens is 356 g/mol. The van der Waals surface area contributed by atoms with E-state index in [-0.39, 0.29) is 0 Å². The van der Waals surface area contributed by atoms with Crippen molar-refractivity contribution in [3.05, 3.63) is 30.2 Å². The van der Waals surface area contributed by atoms with Gasteiger partial charge in [0.1, 0.15) is 11.6 Å². The molecule has 0 bridgehead atoms. The largest absolute Gasteiger partial charge is 0.493 e. The molecule has 8 heteroatoms. The summed E-state index contributed by atoms with van der Waals surface area (Å²) in [5, 5.41) is 11.2. The monoisotopic (exact) mass is 382 g/mol. The van der Waals surface area contributed by atoms with Crippen LogP contribution < -0.4 is 14.8 Å². The first-order valence-electron chi connectivity index (χ1n) is 9.70. The second-order valence-corrected chi connectivity index (χ2v) is 7.04. The SMILES string of the molecule is COc1cc(Nc2nc(C)cc3[nH]ncc23)ncc1OCCCN1CCCC1. The van der Waals surface area contributed by atoms with Crippen LogP contribution in [0.4, 0.5) is 11.6 Å². The van der Waals surface area contributed by atoms with Crippen LogP contribution in [0.5, 0.6) is 11.5 Å². The molecule has 0 saturated carbocycles. The Morgan fingerprint density at radius 3 is 2.86 bits per heavy atom. The third kappa shape index (κ3) is 4.17. The molecule has 0 unspecified atom stereocenters. The van der Waals surface area contributed by atoms with E-state index in [1.165, 1.54) is 25.9 Å². The zero-order valence-corrected chi connectivity index (χ0v) is 16.4. The molecule has 3 aromatic heterocycles. The fraction of sp³-hybridized carbons (Fsp3) is 0.450. The maximum Gasteiger partial charge on any atom is 0.179 e. The minimum Gasteiger partial charge on any atom is -0.493 e. The molecule has 2 N–H and O–H groups in total. The molecule has 4 heterocycles. The van der Waals surface area contributed by atoms with Crippen molar-refractivity contribution in [1.82, 2.24) is 25.1 Å². The Kier molecular flexibility index (Phi) is 5.57. The molecule has 1 saturated heterocycles. The summed E-state index contributed by atoms with van der Waals surface area (Å²) < 4.78 is 11.4. The van der Waals surface area contributed by atoms with Gasteiger partial charge in [0.25, 0.3) is 0 Å². The van der Waals surface area contributed by atoms with Gasteiger partial charge in [-0.1, -0.05) is 0 Å². The molecule has 1 aliphatic heterocycles.